The van der Waals surface area contributed by atoms with E-state index in [1.165, 1.54) is 40.0 Å². The van der Waals surface area contributed by atoms with Gasteiger partial charge in [-0.15, -0.1) is 0 Å². The van der Waals surface area contributed by atoms with E-state index in [1.54, 1.807) is 0 Å². The molecule has 0 bridgehead atoms. The minimum atomic E-state index is -3.94. The van der Waals surface area contributed by atoms with Gasteiger partial charge in [0.1, 0.15) is 0 Å². The monoisotopic (exact) mass is 343 g/mol. The molecule has 0 unspecified atom stereocenters. The summed E-state index contributed by atoms with van der Waals surface area (Å²) in [7, 11) is -3.94. The van der Waals surface area contributed by atoms with Crippen molar-refractivity contribution in [1.82, 2.24) is 0 Å². The Labute approximate surface area is 54.1 Å². The quantitative estimate of drug-likeness (QED) is 0.594. The van der Waals surface area contributed by atoms with Gasteiger partial charge in [0.05, 0.1) is 0 Å². The van der Waals surface area contributed by atoms with Gasteiger partial charge in [0.15, 0.2) is 0 Å². The van der Waals surface area contributed by atoms with Crippen LogP contribution in [-0.2, 0) is 8.17 Å². The maximum atomic E-state index is 11.2. The first-order chi connectivity index (χ1) is 2.00. The fourth-order valence-electron chi connectivity index (χ4n) is 0. The van der Waals surface area contributed by atoms with Crippen molar-refractivity contribution < 1.29 is 15.0 Å². The van der Waals surface area contributed by atoms with E-state index in [0.29, 0.717) is 0 Å². The van der Waals surface area contributed by atoms with Gasteiger partial charge in [-0.3, -0.25) is 0 Å². The molecule has 0 aliphatic rings. The van der Waals surface area contributed by atoms with Crippen LogP contribution in [0.4, 0.5) is 6.82 Å². The first-order valence-electron chi connectivity index (χ1n) is 0.676. The molecule has 0 heterocycles. The molecule has 0 aromatic carbocycles. The summed E-state index contributed by atoms with van der Waals surface area (Å²) in [5.41, 5.74) is 0. The zero-order chi connectivity index (χ0) is 4.50. The maximum absolute atomic E-state index is 11.2. The van der Waals surface area contributed by atoms with E-state index >= 15 is 0 Å². The number of hydrogen-bond donors (Lipinski definition) is 0. The molecule has 0 aliphatic carbocycles. The third-order valence-corrected chi connectivity index (χ3v) is 0. The first-order valence-corrected chi connectivity index (χ1v) is 10.7. The predicted molar refractivity (Wildman–Crippen MR) is 30.3 cm³/mol. The van der Waals surface area contributed by atoms with Gasteiger partial charge < -0.3 is 0 Å². The van der Waals surface area contributed by atoms with Crippen molar-refractivity contribution in [1.29, 1.82) is 0 Å². The normalized spacial score (nSPS) is 12.0. The molecule has 0 saturated heterocycles. The molecule has 5 heteroatoms. The molecule has 0 atom stereocenters. The third-order valence-electron chi connectivity index (χ3n) is 0. The molecular weight excluding hydrogens is 343 g/mol. The summed E-state index contributed by atoms with van der Waals surface area (Å²) in [6.45, 7) is 0. The van der Waals surface area contributed by atoms with Crippen molar-refractivity contribution in [3.05, 3.63) is 0 Å². The molecule has 0 radical (unpaired) electrons. The zero-order valence-electron chi connectivity index (χ0n) is 1.96. The summed E-state index contributed by atoms with van der Waals surface area (Å²) in [6, 6.07) is 0. The van der Waals surface area contributed by atoms with Crippen LogP contribution in [0.1, 0.15) is 0 Å². The van der Waals surface area contributed by atoms with Gasteiger partial charge in [-0.25, -0.2) is 0 Å². The van der Waals surface area contributed by atoms with E-state index in [9.17, 15) is 6.82 Å². The fourth-order valence-corrected chi connectivity index (χ4v) is 0. The molecule has 0 aliphatic heterocycles. The van der Waals surface area contributed by atoms with Crippen LogP contribution in [-0.4, -0.2) is 0 Å². The second-order valence-electron chi connectivity index (χ2n) is 0.383. The number of halogens is 4. The van der Waals surface area contributed by atoms with Crippen LogP contribution in [0.5, 0.6) is 0 Å². The Morgan fingerprint density at radius 2 is 1.20 bits per heavy atom. The molecule has 0 amide bonds. The van der Waals surface area contributed by atoms with Crippen molar-refractivity contribution >= 4 is 40.0 Å². The molecule has 0 saturated carbocycles. The average molecular weight is 343 g/mol. The summed E-state index contributed by atoms with van der Waals surface area (Å²) in [5.74, 6) is 0. The van der Waals surface area contributed by atoms with Gasteiger partial charge in [0, 0.05) is 0 Å². The minimum absolute atomic E-state index is 1.20. The van der Waals surface area contributed by atoms with Gasteiger partial charge in [-0.05, 0) is 0 Å². The van der Waals surface area contributed by atoms with Crippen molar-refractivity contribution in [3.8, 4) is 0 Å². The van der Waals surface area contributed by atoms with Crippen LogP contribution in [0, 0.1) is 0 Å². The summed E-state index contributed by atoms with van der Waals surface area (Å²) < 4.78 is 22.3. The van der Waals surface area contributed by atoms with Crippen LogP contribution in [0.2, 0.25) is 0 Å². The van der Waals surface area contributed by atoms with Crippen LogP contribution in [0.25, 0.3) is 0 Å². The molecule has 0 aromatic rings. The first kappa shape index (κ1) is 6.90. The molecule has 0 fully saturated rings. The van der Waals surface area contributed by atoms with Gasteiger partial charge in [-0.2, -0.15) is 0 Å². The van der Waals surface area contributed by atoms with E-state index in [4.69, 9.17) is 0 Å². The van der Waals surface area contributed by atoms with Gasteiger partial charge in [0.2, 0.25) is 0 Å². The molecule has 0 nitrogen and oxygen atoms in total. The second kappa shape index (κ2) is 2.27. The van der Waals surface area contributed by atoms with Gasteiger partial charge in [-0.1, -0.05) is 0 Å². The Bertz CT molecular complexity index is 23.1. The van der Waals surface area contributed by atoms with E-state index in [2.05, 4.69) is 0 Å². The van der Waals surface area contributed by atoms with E-state index < -0.39 is 8.17 Å². The zero-order valence-corrected chi connectivity index (χ0v) is 7.67. The van der Waals surface area contributed by atoms with Crippen LogP contribution >= 0.6 is 40.0 Å². The Morgan fingerprint density at radius 3 is 1.20 bits per heavy atom. The second-order valence-corrected chi connectivity index (χ2v) is 19.2. The van der Waals surface area contributed by atoms with Gasteiger partial charge >= 0.3 is 54.9 Å². The summed E-state index contributed by atoms with van der Waals surface area (Å²) >= 11 is 2.41. The van der Waals surface area contributed by atoms with Crippen molar-refractivity contribution in [3.63, 3.8) is 0 Å². The topological polar surface area (TPSA) is 0 Å². The third kappa shape index (κ3) is 24.8. The molecular formula is F2I2V. The van der Waals surface area contributed by atoms with Gasteiger partial charge in [0.25, 0.3) is 0 Å². The summed E-state index contributed by atoms with van der Waals surface area (Å²) in [6.07, 6.45) is 0. The molecule has 0 N–H and O–H groups in total. The fraction of sp³-hybridized carbons (Fsp3) is 0. The Hall–Kier alpha value is 1.90. The van der Waals surface area contributed by atoms with Crippen molar-refractivity contribution in [2.75, 3.05) is 0 Å². The molecule has 0 rings (SSSR count). The van der Waals surface area contributed by atoms with E-state index in [-0.39, 0.29) is 0 Å². The number of rotatable bonds is 0. The SMILES string of the molecule is [F][V]([F])([I])[I]. The molecule has 33 valence electrons. The average Bonchev–Trinajstić information content (AvgIpc) is 0.722. The number of hydrogen-bond acceptors (Lipinski definition) is 0. The van der Waals surface area contributed by atoms with E-state index in [1.807, 2.05) is 0 Å². The van der Waals surface area contributed by atoms with Crippen LogP contribution in [0.15, 0.2) is 0 Å². The van der Waals surface area contributed by atoms with Crippen molar-refractivity contribution in [2.45, 2.75) is 0 Å². The van der Waals surface area contributed by atoms with E-state index in [0.717, 1.165) is 0 Å². The standard InChI is InChI=1S/2FH.2HI.V/h4*1H;/q;;;;+4/p-4. The summed E-state index contributed by atoms with van der Waals surface area (Å²) in [5, 5.41) is 0. The molecule has 5 heavy (non-hydrogen) atoms. The Kier molecular flexibility index (Phi) is 3.14. The van der Waals surface area contributed by atoms with Crippen molar-refractivity contribution in [2.24, 2.45) is 0 Å². The van der Waals surface area contributed by atoms with Crippen LogP contribution in [0.3, 0.4) is 0 Å². The predicted octanol–water partition coefficient (Wildman–Crippen LogP) is 2.61. The molecule has 0 aromatic heterocycles. The Morgan fingerprint density at radius 1 is 1.20 bits per heavy atom. The molecule has 0 spiro atoms. The summed E-state index contributed by atoms with van der Waals surface area (Å²) in [4.78, 5) is 0. The van der Waals surface area contributed by atoms with Crippen LogP contribution < -0.4 is 0 Å². The Balaban J connectivity index is 3.02.